The van der Waals surface area contributed by atoms with E-state index in [1.165, 1.54) is 0 Å². The minimum atomic E-state index is -0.656. The molecule has 1 aromatic heterocycles. The maximum absolute atomic E-state index is 12.6. The van der Waals surface area contributed by atoms with Crippen LogP contribution in [0, 0.1) is 0 Å². The third-order valence-corrected chi connectivity index (χ3v) is 3.92. The van der Waals surface area contributed by atoms with E-state index in [0.29, 0.717) is 12.2 Å². The van der Waals surface area contributed by atoms with Gasteiger partial charge in [0.25, 0.3) is 0 Å². The van der Waals surface area contributed by atoms with Crippen LogP contribution in [0.25, 0.3) is 0 Å². The summed E-state index contributed by atoms with van der Waals surface area (Å²) in [6, 6.07) is 8.95. The quantitative estimate of drug-likeness (QED) is 0.897. The Morgan fingerprint density at radius 1 is 1.38 bits per heavy atom. The molecule has 0 unspecified atom stereocenters. The standard InChI is InChI=1S/C17H20N4O3/c1-2-20-10-14(8-18-20)19-17(23)15-11-24-12-16(22)21(15)9-13-6-4-3-5-7-13/h3-8,10,15H,2,9,11-12H2,1H3,(H,19,23)/t15-/m1/s1. The predicted octanol–water partition coefficient (Wildman–Crippen LogP) is 1.27. The molecule has 2 aromatic rings. The number of anilines is 1. The Morgan fingerprint density at radius 2 is 2.17 bits per heavy atom. The third kappa shape index (κ3) is 3.62. The van der Waals surface area contributed by atoms with Gasteiger partial charge in [0.15, 0.2) is 0 Å². The molecule has 2 heterocycles. The van der Waals surface area contributed by atoms with Crippen LogP contribution in [-0.4, -0.2) is 45.8 Å². The molecule has 7 heteroatoms. The van der Waals surface area contributed by atoms with E-state index in [0.717, 1.165) is 12.1 Å². The second-order valence-electron chi connectivity index (χ2n) is 5.61. The van der Waals surface area contributed by atoms with Gasteiger partial charge in [-0.2, -0.15) is 5.10 Å². The van der Waals surface area contributed by atoms with Crippen LogP contribution in [-0.2, 0) is 27.4 Å². The lowest BCUT2D eigenvalue weighted by molar-refractivity contribution is -0.154. The number of benzene rings is 1. The number of aryl methyl sites for hydroxylation is 1. The zero-order valence-corrected chi connectivity index (χ0v) is 13.5. The molecule has 0 bridgehead atoms. The Bertz CT molecular complexity index is 714. The number of aromatic nitrogens is 2. The van der Waals surface area contributed by atoms with E-state index in [-0.39, 0.29) is 25.0 Å². The summed E-state index contributed by atoms with van der Waals surface area (Å²) in [7, 11) is 0. The van der Waals surface area contributed by atoms with Crippen LogP contribution < -0.4 is 5.32 Å². The molecule has 1 aromatic carbocycles. The molecule has 1 atom stereocenters. The van der Waals surface area contributed by atoms with Crippen LogP contribution in [0.4, 0.5) is 5.69 Å². The molecule has 1 N–H and O–H groups in total. The van der Waals surface area contributed by atoms with Crippen molar-refractivity contribution in [3.63, 3.8) is 0 Å². The van der Waals surface area contributed by atoms with E-state index < -0.39 is 6.04 Å². The fraction of sp³-hybridized carbons (Fsp3) is 0.353. The van der Waals surface area contributed by atoms with Crippen LogP contribution in [0.15, 0.2) is 42.7 Å². The highest BCUT2D eigenvalue weighted by molar-refractivity contribution is 5.97. The van der Waals surface area contributed by atoms with E-state index in [2.05, 4.69) is 10.4 Å². The van der Waals surface area contributed by atoms with Crippen molar-refractivity contribution in [3.05, 3.63) is 48.3 Å². The summed E-state index contributed by atoms with van der Waals surface area (Å²) < 4.78 is 7.00. The van der Waals surface area contributed by atoms with Crippen LogP contribution in [0.1, 0.15) is 12.5 Å². The molecule has 0 radical (unpaired) electrons. The molecule has 0 spiro atoms. The number of amides is 2. The van der Waals surface area contributed by atoms with Gasteiger partial charge in [0, 0.05) is 19.3 Å². The van der Waals surface area contributed by atoms with Gasteiger partial charge in [-0.25, -0.2) is 0 Å². The molecule has 3 rings (SSSR count). The lowest BCUT2D eigenvalue weighted by atomic mass is 10.1. The van der Waals surface area contributed by atoms with Crippen molar-refractivity contribution in [1.82, 2.24) is 14.7 Å². The van der Waals surface area contributed by atoms with Gasteiger partial charge in [-0.15, -0.1) is 0 Å². The van der Waals surface area contributed by atoms with Gasteiger partial charge in [0.05, 0.1) is 18.5 Å². The number of ether oxygens (including phenoxy) is 1. The number of carbonyl (C=O) groups is 2. The zero-order valence-electron chi connectivity index (χ0n) is 13.5. The smallest absolute Gasteiger partial charge is 0.249 e. The first-order valence-electron chi connectivity index (χ1n) is 7.92. The molecule has 126 valence electrons. The highest BCUT2D eigenvalue weighted by Crippen LogP contribution is 2.16. The Hall–Kier alpha value is -2.67. The van der Waals surface area contributed by atoms with Gasteiger partial charge in [-0.3, -0.25) is 14.3 Å². The lowest BCUT2D eigenvalue weighted by Gasteiger charge is -2.34. The fourth-order valence-corrected chi connectivity index (χ4v) is 2.63. The van der Waals surface area contributed by atoms with Gasteiger partial charge in [-0.05, 0) is 12.5 Å². The minimum absolute atomic E-state index is 0.00435. The summed E-state index contributed by atoms with van der Waals surface area (Å²) in [5.41, 5.74) is 1.59. The van der Waals surface area contributed by atoms with Crippen molar-refractivity contribution in [2.24, 2.45) is 0 Å². The van der Waals surface area contributed by atoms with Crippen molar-refractivity contribution >= 4 is 17.5 Å². The molecular formula is C17H20N4O3. The van der Waals surface area contributed by atoms with Crippen LogP contribution in [0.2, 0.25) is 0 Å². The summed E-state index contributed by atoms with van der Waals surface area (Å²) in [5.74, 6) is -0.454. The highest BCUT2D eigenvalue weighted by atomic mass is 16.5. The molecule has 1 aliphatic rings. The number of carbonyl (C=O) groups excluding carboxylic acids is 2. The molecule has 24 heavy (non-hydrogen) atoms. The molecule has 7 nitrogen and oxygen atoms in total. The number of rotatable bonds is 5. The first-order valence-corrected chi connectivity index (χ1v) is 7.92. The predicted molar refractivity (Wildman–Crippen MR) is 88.1 cm³/mol. The van der Waals surface area contributed by atoms with E-state index >= 15 is 0 Å². The molecule has 1 aliphatic heterocycles. The highest BCUT2D eigenvalue weighted by Gasteiger charge is 2.34. The Kier molecular flexibility index (Phi) is 4.90. The van der Waals surface area contributed by atoms with E-state index in [9.17, 15) is 9.59 Å². The minimum Gasteiger partial charge on any atom is -0.369 e. The molecule has 1 saturated heterocycles. The largest absolute Gasteiger partial charge is 0.369 e. The second-order valence-corrected chi connectivity index (χ2v) is 5.61. The van der Waals surface area contributed by atoms with E-state index in [1.807, 2.05) is 37.3 Å². The summed E-state index contributed by atoms with van der Waals surface area (Å²) in [6.45, 7) is 3.26. The fourth-order valence-electron chi connectivity index (χ4n) is 2.63. The molecule has 1 fully saturated rings. The van der Waals surface area contributed by atoms with Gasteiger partial charge in [0.1, 0.15) is 12.6 Å². The summed E-state index contributed by atoms with van der Waals surface area (Å²) in [4.78, 5) is 26.4. The number of nitrogens with zero attached hydrogens (tertiary/aromatic N) is 3. The average Bonchev–Trinajstić information content (AvgIpc) is 3.05. The van der Waals surface area contributed by atoms with Crippen molar-refractivity contribution in [1.29, 1.82) is 0 Å². The maximum Gasteiger partial charge on any atom is 0.249 e. The normalized spacial score (nSPS) is 17.8. The molecular weight excluding hydrogens is 308 g/mol. The monoisotopic (exact) mass is 328 g/mol. The van der Waals surface area contributed by atoms with Crippen LogP contribution in [0.3, 0.4) is 0 Å². The summed E-state index contributed by atoms with van der Waals surface area (Å²) >= 11 is 0. The Balaban J connectivity index is 1.72. The second kappa shape index (κ2) is 7.27. The number of hydrogen-bond acceptors (Lipinski definition) is 4. The summed E-state index contributed by atoms with van der Waals surface area (Å²) in [5, 5.41) is 6.93. The third-order valence-electron chi connectivity index (χ3n) is 3.92. The van der Waals surface area contributed by atoms with Crippen LogP contribution >= 0.6 is 0 Å². The SMILES string of the molecule is CCn1cc(NC(=O)[C@H]2COCC(=O)N2Cc2ccccc2)cn1. The molecule has 0 saturated carbocycles. The molecule has 0 aliphatic carbocycles. The molecule has 2 amide bonds. The summed E-state index contributed by atoms with van der Waals surface area (Å²) in [6.07, 6.45) is 3.35. The van der Waals surface area contributed by atoms with Gasteiger partial charge >= 0.3 is 0 Å². The number of morpholine rings is 1. The van der Waals surface area contributed by atoms with Crippen molar-refractivity contribution < 1.29 is 14.3 Å². The topological polar surface area (TPSA) is 76.5 Å². The van der Waals surface area contributed by atoms with Crippen LogP contribution in [0.5, 0.6) is 0 Å². The van der Waals surface area contributed by atoms with Gasteiger partial charge in [0.2, 0.25) is 11.8 Å². The average molecular weight is 328 g/mol. The van der Waals surface area contributed by atoms with Crippen molar-refractivity contribution in [2.75, 3.05) is 18.5 Å². The van der Waals surface area contributed by atoms with E-state index in [4.69, 9.17) is 4.74 Å². The van der Waals surface area contributed by atoms with Gasteiger partial charge in [-0.1, -0.05) is 30.3 Å². The maximum atomic E-state index is 12.6. The Morgan fingerprint density at radius 3 is 2.88 bits per heavy atom. The first-order chi connectivity index (χ1) is 11.7. The Labute approximate surface area is 140 Å². The lowest BCUT2D eigenvalue weighted by Crippen LogP contribution is -2.54. The van der Waals surface area contributed by atoms with Crippen molar-refractivity contribution in [3.8, 4) is 0 Å². The number of nitrogens with one attached hydrogen (secondary N) is 1. The van der Waals surface area contributed by atoms with Crippen molar-refractivity contribution in [2.45, 2.75) is 26.1 Å². The zero-order chi connectivity index (χ0) is 16.9. The number of hydrogen-bond donors (Lipinski definition) is 1. The van der Waals surface area contributed by atoms with E-state index in [1.54, 1.807) is 22.0 Å². The van der Waals surface area contributed by atoms with Gasteiger partial charge < -0.3 is 15.0 Å². The first kappa shape index (κ1) is 16.2.